The summed E-state index contributed by atoms with van der Waals surface area (Å²) in [5.41, 5.74) is 0.327. The molecule has 9 atom stereocenters. The van der Waals surface area contributed by atoms with Crippen LogP contribution in [0.5, 0.6) is 17.2 Å². The number of aliphatic hydroxyl groups is 2. The third-order valence-electron chi connectivity index (χ3n) is 16.0. The first-order valence-electron chi connectivity index (χ1n) is 27.5. The molecule has 5 heterocycles. The molecule has 2 fully saturated rings. The average Bonchev–Trinajstić information content (AvgIpc) is 3.91. The van der Waals surface area contributed by atoms with Crippen molar-refractivity contribution in [3.63, 3.8) is 0 Å². The van der Waals surface area contributed by atoms with Crippen LogP contribution in [0.4, 0.5) is 11.4 Å². The number of anilines is 2. The molecule has 3 aromatic carbocycles. The van der Waals surface area contributed by atoms with Crippen molar-refractivity contribution >= 4 is 62.0 Å². The number of amides is 1. The zero-order valence-corrected chi connectivity index (χ0v) is 47.1. The van der Waals surface area contributed by atoms with Crippen LogP contribution in [0.25, 0.3) is 33.0 Å². The first-order chi connectivity index (χ1) is 37.1. The maximum atomic E-state index is 15.2. The van der Waals surface area contributed by atoms with Crippen LogP contribution in [-0.2, 0) is 28.5 Å². The first kappa shape index (κ1) is 58.1. The number of piperazine rings is 1. The van der Waals surface area contributed by atoms with Crippen molar-refractivity contribution in [2.45, 2.75) is 112 Å². The van der Waals surface area contributed by atoms with E-state index in [9.17, 15) is 29.7 Å². The lowest BCUT2D eigenvalue weighted by Crippen LogP contribution is -2.47. The average molecular weight is 1080 g/mol. The van der Waals surface area contributed by atoms with Crippen molar-refractivity contribution in [3.05, 3.63) is 69.6 Å². The van der Waals surface area contributed by atoms with E-state index < -0.39 is 82.7 Å². The quantitative estimate of drug-likeness (QED) is 0.0380. The van der Waals surface area contributed by atoms with Crippen LogP contribution in [0, 0.1) is 36.5 Å². The van der Waals surface area contributed by atoms with Crippen molar-refractivity contribution in [1.29, 1.82) is 0 Å². The maximum Gasteiger partial charge on any atom is 0.312 e. The van der Waals surface area contributed by atoms with Crippen molar-refractivity contribution in [2.24, 2.45) is 29.6 Å². The van der Waals surface area contributed by atoms with Gasteiger partial charge in [0.1, 0.15) is 28.6 Å². The van der Waals surface area contributed by atoms with Gasteiger partial charge in [-0.05, 0) is 45.2 Å². The number of morpholine rings is 1. The number of methoxy groups -OCH3 is 1. The zero-order chi connectivity index (χ0) is 56.3. The molecule has 0 saturated carbocycles. The number of carbonyl (C=O) groups is 3. The van der Waals surface area contributed by atoms with E-state index in [-0.39, 0.29) is 61.1 Å². The largest absolute Gasteiger partial charge is 0.505 e. The van der Waals surface area contributed by atoms with Gasteiger partial charge in [-0.1, -0.05) is 59.8 Å². The number of phenolic OH excluding ortho intramolecular Hbond substituents is 1. The fourth-order valence-corrected chi connectivity index (χ4v) is 11.3. The third-order valence-corrected chi connectivity index (χ3v) is 16.0. The maximum absolute atomic E-state index is 15.2. The van der Waals surface area contributed by atoms with Gasteiger partial charge in [-0.15, -0.1) is 0 Å². The molecule has 0 unspecified atom stereocenters. The number of ether oxygens (including phenoxy) is 6. The highest BCUT2D eigenvalue weighted by atomic mass is 16.7. The van der Waals surface area contributed by atoms with E-state index in [4.69, 9.17) is 37.8 Å². The second-order valence-electron chi connectivity index (χ2n) is 22.2. The summed E-state index contributed by atoms with van der Waals surface area (Å²) in [6.45, 7) is 25.7. The van der Waals surface area contributed by atoms with Crippen molar-refractivity contribution in [2.75, 3.05) is 89.5 Å². The molecular formula is C59H79N5O14. The number of Topliss-reactive ketones (excluding diaryl/α,β-unsaturated/α-hetero) is 1. The van der Waals surface area contributed by atoms with E-state index in [1.54, 1.807) is 46.8 Å². The standard InChI is InChI=1S/C59H79N5O14/c1-32(2)31-63-19-21-64(22-20-63)40-29-42(74-25-13-12-18-62-23-27-73-28-24-62)47-43(30-40)77-56-48(60-47)44-45-52(68)38(8)55-46(44)57(70)59(10,78-55)75-26-17-41(72-11)35(5)54(76-39(9)65)37(7)51(67)36(6)50(66)33(3)15-14-16-34(4)58(71)61-49(56)53(45)69/h14-17,26,29-30,32-33,35-37,41,50-51,54,66-67,69H,12-13,18-25,27-28,31H2,1-11H3,(H,61,71)/b15-14+,26-17+,34-16-/t33-,35+,36+,37+,41-,50-,51+,54+,59-/m0/s1. The Morgan fingerprint density at radius 1 is 0.910 bits per heavy atom. The number of carbonyl (C=O) groups excluding carboxylic acids is 3. The summed E-state index contributed by atoms with van der Waals surface area (Å²) in [4.78, 5) is 69.1. The summed E-state index contributed by atoms with van der Waals surface area (Å²) in [6, 6.07) is 3.80. The number of aromatic hydroxyl groups is 1. The van der Waals surface area contributed by atoms with Gasteiger partial charge in [0.15, 0.2) is 28.1 Å². The monoisotopic (exact) mass is 1080 g/mol. The molecule has 4 N–H and O–H groups in total. The third kappa shape index (κ3) is 12.1. The van der Waals surface area contributed by atoms with Crippen LogP contribution in [0.15, 0.2) is 57.5 Å². The molecule has 2 saturated heterocycles. The Morgan fingerprint density at radius 3 is 2.31 bits per heavy atom. The number of nitrogens with one attached hydrogen (secondary N) is 1. The summed E-state index contributed by atoms with van der Waals surface area (Å²) < 4.78 is 43.3. The molecule has 4 bridgehead atoms. The number of aliphatic hydroxyl groups excluding tert-OH is 2. The summed E-state index contributed by atoms with van der Waals surface area (Å²) in [5, 5.41) is 38.2. The number of aromatic nitrogens is 1. The number of fused-ring (bicyclic) bond motifs is 2. The van der Waals surface area contributed by atoms with Crippen molar-refractivity contribution < 1.29 is 62.5 Å². The number of ketones is 1. The smallest absolute Gasteiger partial charge is 0.312 e. The second kappa shape index (κ2) is 24.5. The topological polar surface area (TPSA) is 232 Å². The van der Waals surface area contributed by atoms with Gasteiger partial charge in [-0.25, -0.2) is 4.98 Å². The molecule has 0 radical (unpaired) electrons. The van der Waals surface area contributed by atoms with E-state index in [2.05, 4.69) is 33.9 Å². The SMILES string of the molecule is CO[C@H]1/C=C/O[C@@]2(C)Oc3c(C)c(=O)c4c(O)c(c5oc6cc(N7CCN(CC(C)C)CC7)cc(OCCCCN7CCOCC7)c6nc5c4c3C2=O)NC(=O)/C(C)=C\C=C\[C@H](C)[C@H](O)[C@@H](C)[C@@H](O)[C@@H](C)[C@H](OC(C)=O)[C@@H]1C. The lowest BCUT2D eigenvalue weighted by atomic mass is 9.78. The lowest BCUT2D eigenvalue weighted by Gasteiger charge is -2.38. The Balaban J connectivity index is 1.31. The molecule has 1 aromatic heterocycles. The minimum atomic E-state index is -2.08. The Bertz CT molecular complexity index is 3030. The van der Waals surface area contributed by atoms with E-state index in [1.165, 1.54) is 46.3 Å². The molecule has 19 nitrogen and oxygen atoms in total. The number of rotatable bonds is 11. The van der Waals surface area contributed by atoms with Crippen LogP contribution in [0.2, 0.25) is 0 Å². The van der Waals surface area contributed by atoms with E-state index >= 15 is 4.79 Å². The highest BCUT2D eigenvalue weighted by Gasteiger charge is 2.50. The summed E-state index contributed by atoms with van der Waals surface area (Å²) in [6.07, 6.45) is 5.28. The van der Waals surface area contributed by atoms with Gasteiger partial charge in [0.05, 0.1) is 55.3 Å². The zero-order valence-electron chi connectivity index (χ0n) is 47.1. The van der Waals surface area contributed by atoms with Crippen molar-refractivity contribution in [1.82, 2.24) is 14.8 Å². The number of unbranched alkanes of at least 4 members (excludes halogenated alkanes) is 1. The number of esters is 1. The molecule has 1 amide bonds. The van der Waals surface area contributed by atoms with Gasteiger partial charge >= 0.3 is 11.8 Å². The summed E-state index contributed by atoms with van der Waals surface area (Å²) in [7, 11) is 1.46. The highest BCUT2D eigenvalue weighted by Crippen LogP contribution is 2.49. The van der Waals surface area contributed by atoms with Crippen LogP contribution in [-0.4, -0.2) is 157 Å². The number of phenols is 1. The molecule has 4 aliphatic heterocycles. The molecule has 78 heavy (non-hydrogen) atoms. The first-order valence-corrected chi connectivity index (χ1v) is 27.5. The lowest BCUT2D eigenvalue weighted by molar-refractivity contribution is -0.160. The molecule has 0 aliphatic carbocycles. The Morgan fingerprint density at radius 2 is 1.63 bits per heavy atom. The predicted molar refractivity (Wildman–Crippen MR) is 297 cm³/mol. The van der Waals surface area contributed by atoms with Gasteiger partial charge in [-0.2, -0.15) is 0 Å². The minimum Gasteiger partial charge on any atom is -0.505 e. The molecule has 8 rings (SSSR count). The van der Waals surface area contributed by atoms with E-state index in [0.717, 1.165) is 70.9 Å². The van der Waals surface area contributed by atoms with Gasteiger partial charge in [0, 0.05) is 125 Å². The fourth-order valence-electron chi connectivity index (χ4n) is 11.3. The molecule has 0 spiro atoms. The van der Waals surface area contributed by atoms with E-state index in [0.29, 0.717) is 31.5 Å². The molecular weight excluding hydrogens is 1000 g/mol. The Labute approximate surface area is 456 Å². The number of hydrogen-bond acceptors (Lipinski definition) is 18. The summed E-state index contributed by atoms with van der Waals surface area (Å²) >= 11 is 0. The normalized spacial score (nSPS) is 28.6. The Hall–Kier alpha value is -6.09. The number of hydrogen-bond donors (Lipinski definition) is 4. The number of allylic oxidation sites excluding steroid dienone is 2. The van der Waals surface area contributed by atoms with Gasteiger partial charge in [0.2, 0.25) is 0 Å². The molecule has 19 heteroatoms. The van der Waals surface area contributed by atoms with Crippen LogP contribution in [0.3, 0.4) is 0 Å². The van der Waals surface area contributed by atoms with Crippen LogP contribution >= 0.6 is 0 Å². The van der Waals surface area contributed by atoms with Crippen LogP contribution < -0.4 is 25.1 Å². The van der Waals surface area contributed by atoms with E-state index in [1.807, 2.05) is 12.1 Å². The highest BCUT2D eigenvalue weighted by molar-refractivity contribution is 6.26. The molecule has 424 valence electrons. The summed E-state index contributed by atoms with van der Waals surface area (Å²) in [5.74, 6) is -6.42. The Kier molecular flexibility index (Phi) is 18.2. The van der Waals surface area contributed by atoms with Gasteiger partial charge in [-0.3, -0.25) is 29.0 Å². The number of benzene rings is 3. The minimum absolute atomic E-state index is 0.0107. The van der Waals surface area contributed by atoms with Gasteiger partial charge < -0.3 is 58.4 Å². The molecule has 4 aliphatic rings. The van der Waals surface area contributed by atoms with Crippen LogP contribution in [0.1, 0.15) is 91.1 Å². The molecule has 4 aromatic rings. The number of nitrogens with zero attached hydrogens (tertiary/aromatic N) is 4. The van der Waals surface area contributed by atoms with Crippen molar-refractivity contribution in [3.8, 4) is 17.2 Å². The predicted octanol–water partition coefficient (Wildman–Crippen LogP) is 7.27. The van der Waals surface area contributed by atoms with Gasteiger partial charge in [0.25, 0.3) is 11.7 Å². The fraction of sp³-hybridized carbons (Fsp3) is 0.576. The second-order valence-corrected chi connectivity index (χ2v) is 22.2.